The summed E-state index contributed by atoms with van der Waals surface area (Å²) < 4.78 is 9.46. The van der Waals surface area contributed by atoms with E-state index in [1.165, 1.54) is 48.5 Å². The number of carboxylic acid groups (broad SMARTS) is 2. The number of carboxylic acids is 2. The number of carbonyl (C=O) groups excluding carboxylic acids is 4. The molecule has 0 aromatic heterocycles. The van der Waals surface area contributed by atoms with Crippen molar-refractivity contribution in [2.24, 2.45) is 0 Å². The Labute approximate surface area is 206 Å². The Hall–Kier alpha value is -4.34. The van der Waals surface area contributed by atoms with Gasteiger partial charge in [0.15, 0.2) is 0 Å². The molecule has 0 fully saturated rings. The van der Waals surface area contributed by atoms with Gasteiger partial charge in [0.05, 0.1) is 22.3 Å². The van der Waals surface area contributed by atoms with Gasteiger partial charge in [0, 0.05) is 12.8 Å². The highest BCUT2D eigenvalue weighted by molar-refractivity contribution is 6.06. The molecule has 10 heteroatoms. The van der Waals surface area contributed by atoms with Gasteiger partial charge in [0.1, 0.15) is 0 Å². The summed E-state index contributed by atoms with van der Waals surface area (Å²) in [6.45, 7) is 0. The maximum Gasteiger partial charge on any atom is 0.346 e. The summed E-state index contributed by atoms with van der Waals surface area (Å²) in [5.41, 5.74) is -0.864. The molecule has 0 unspecified atom stereocenters. The molecule has 2 rings (SSSR count). The summed E-state index contributed by atoms with van der Waals surface area (Å²) in [6, 6.07) is 10.9. The highest BCUT2D eigenvalue weighted by Crippen LogP contribution is 2.14. The van der Waals surface area contributed by atoms with Crippen molar-refractivity contribution in [2.45, 2.75) is 51.4 Å². The molecule has 0 aliphatic carbocycles. The summed E-state index contributed by atoms with van der Waals surface area (Å²) in [7, 11) is 0. The van der Waals surface area contributed by atoms with Gasteiger partial charge in [-0.15, -0.1) is 0 Å². The Morgan fingerprint density at radius 3 is 1.14 bits per heavy atom. The number of esters is 4. The zero-order valence-corrected chi connectivity index (χ0v) is 19.4. The van der Waals surface area contributed by atoms with Gasteiger partial charge in [-0.3, -0.25) is 9.59 Å². The van der Waals surface area contributed by atoms with Gasteiger partial charge >= 0.3 is 35.8 Å². The topological polar surface area (TPSA) is 161 Å². The van der Waals surface area contributed by atoms with Crippen molar-refractivity contribution < 1.29 is 48.5 Å². The van der Waals surface area contributed by atoms with E-state index in [1.54, 1.807) is 0 Å². The standard InChI is InChI=1S/C26H26O10/c27-21(35-25(33)19-13-9-7-11-17(19)23(29)30)15-5-3-1-2-4-6-16-22(28)36-26(34)20-14-10-8-12-18(20)24(31)32/h7-14H,1-6,15-16H2,(H,29,30)(H,31,32). The number of ether oxygens (including phenoxy) is 2. The average Bonchev–Trinajstić information content (AvgIpc) is 2.85. The average molecular weight is 498 g/mol. The summed E-state index contributed by atoms with van der Waals surface area (Å²) in [6.07, 6.45) is 3.87. The largest absolute Gasteiger partial charge is 0.478 e. The van der Waals surface area contributed by atoms with Crippen LogP contribution in [0.5, 0.6) is 0 Å². The zero-order valence-electron chi connectivity index (χ0n) is 19.4. The van der Waals surface area contributed by atoms with Gasteiger partial charge in [-0.2, -0.15) is 0 Å². The molecule has 2 aromatic rings. The Kier molecular flexibility index (Phi) is 11.0. The van der Waals surface area contributed by atoms with Crippen LogP contribution in [0.2, 0.25) is 0 Å². The van der Waals surface area contributed by atoms with Gasteiger partial charge in [0.2, 0.25) is 0 Å². The molecule has 0 aliphatic heterocycles. The first kappa shape index (κ1) is 27.9. The maximum absolute atomic E-state index is 12.0. The smallest absolute Gasteiger partial charge is 0.346 e. The van der Waals surface area contributed by atoms with Crippen molar-refractivity contribution >= 4 is 35.8 Å². The van der Waals surface area contributed by atoms with Gasteiger partial charge in [-0.25, -0.2) is 19.2 Å². The van der Waals surface area contributed by atoms with E-state index in [0.717, 1.165) is 12.8 Å². The molecule has 10 nitrogen and oxygen atoms in total. The quantitative estimate of drug-likeness (QED) is 0.232. The van der Waals surface area contributed by atoms with Crippen LogP contribution >= 0.6 is 0 Å². The second-order valence-corrected chi connectivity index (χ2v) is 7.85. The van der Waals surface area contributed by atoms with E-state index in [-0.39, 0.29) is 35.1 Å². The Morgan fingerprint density at radius 2 is 0.806 bits per heavy atom. The van der Waals surface area contributed by atoms with Crippen LogP contribution in [0.4, 0.5) is 0 Å². The highest BCUT2D eigenvalue weighted by Gasteiger charge is 2.20. The van der Waals surface area contributed by atoms with Crippen LogP contribution in [-0.4, -0.2) is 46.0 Å². The lowest BCUT2D eigenvalue weighted by Crippen LogP contribution is -2.16. The molecule has 2 aromatic carbocycles. The van der Waals surface area contributed by atoms with Crippen LogP contribution < -0.4 is 0 Å². The van der Waals surface area contributed by atoms with Gasteiger partial charge in [-0.05, 0) is 37.1 Å². The SMILES string of the molecule is O=C(CCCCCCCCC(=O)OC(=O)c1ccccc1C(=O)O)OC(=O)c1ccccc1C(=O)O. The predicted molar refractivity (Wildman–Crippen MR) is 125 cm³/mol. The molecule has 0 amide bonds. The van der Waals surface area contributed by atoms with Crippen molar-refractivity contribution in [3.8, 4) is 0 Å². The van der Waals surface area contributed by atoms with Gasteiger partial charge in [-0.1, -0.05) is 49.9 Å². The van der Waals surface area contributed by atoms with E-state index in [4.69, 9.17) is 19.7 Å². The molecule has 0 radical (unpaired) electrons. The lowest BCUT2D eigenvalue weighted by molar-refractivity contribution is -0.139. The van der Waals surface area contributed by atoms with E-state index < -0.39 is 35.8 Å². The molecule has 0 aliphatic rings. The normalized spacial score (nSPS) is 10.3. The zero-order chi connectivity index (χ0) is 26.5. The van der Waals surface area contributed by atoms with E-state index in [1.807, 2.05) is 0 Å². The minimum Gasteiger partial charge on any atom is -0.478 e. The lowest BCUT2D eigenvalue weighted by Gasteiger charge is -2.06. The molecular weight excluding hydrogens is 472 g/mol. The predicted octanol–water partition coefficient (Wildman–Crippen LogP) is 4.27. The molecule has 0 saturated carbocycles. The first-order valence-corrected chi connectivity index (χ1v) is 11.4. The molecular formula is C26H26O10. The van der Waals surface area contributed by atoms with Crippen LogP contribution in [0.1, 0.15) is 92.8 Å². The van der Waals surface area contributed by atoms with E-state index in [0.29, 0.717) is 25.7 Å². The first-order chi connectivity index (χ1) is 17.2. The van der Waals surface area contributed by atoms with Crippen LogP contribution in [-0.2, 0) is 19.1 Å². The molecule has 0 heterocycles. The molecule has 0 atom stereocenters. The molecule has 36 heavy (non-hydrogen) atoms. The highest BCUT2D eigenvalue weighted by atomic mass is 16.6. The third kappa shape index (κ3) is 8.79. The monoisotopic (exact) mass is 498 g/mol. The Balaban J connectivity index is 1.59. The van der Waals surface area contributed by atoms with Crippen molar-refractivity contribution in [3.05, 3.63) is 70.8 Å². The summed E-state index contributed by atoms with van der Waals surface area (Å²) in [5, 5.41) is 18.2. The summed E-state index contributed by atoms with van der Waals surface area (Å²) >= 11 is 0. The third-order valence-corrected chi connectivity index (χ3v) is 5.18. The fourth-order valence-electron chi connectivity index (χ4n) is 3.36. The fourth-order valence-corrected chi connectivity index (χ4v) is 3.36. The number of aromatic carboxylic acids is 2. The molecule has 190 valence electrons. The van der Waals surface area contributed by atoms with Crippen LogP contribution in [0.25, 0.3) is 0 Å². The van der Waals surface area contributed by atoms with Crippen molar-refractivity contribution in [3.63, 3.8) is 0 Å². The summed E-state index contributed by atoms with van der Waals surface area (Å²) in [5.74, 6) is -6.07. The number of hydrogen-bond donors (Lipinski definition) is 2. The Bertz CT molecular complexity index is 1050. The van der Waals surface area contributed by atoms with Crippen LogP contribution in [0.3, 0.4) is 0 Å². The lowest BCUT2D eigenvalue weighted by atomic mass is 10.1. The van der Waals surface area contributed by atoms with Gasteiger partial charge < -0.3 is 19.7 Å². The second kappa shape index (κ2) is 14.1. The first-order valence-electron chi connectivity index (χ1n) is 11.4. The second-order valence-electron chi connectivity index (χ2n) is 7.85. The van der Waals surface area contributed by atoms with Crippen LogP contribution in [0, 0.1) is 0 Å². The van der Waals surface area contributed by atoms with Crippen LogP contribution in [0.15, 0.2) is 48.5 Å². The molecule has 0 saturated heterocycles. The minimum atomic E-state index is -1.29. The fraction of sp³-hybridized carbons (Fsp3) is 0.308. The molecule has 2 N–H and O–H groups in total. The van der Waals surface area contributed by atoms with Crippen molar-refractivity contribution in [1.82, 2.24) is 0 Å². The maximum atomic E-state index is 12.0. The van der Waals surface area contributed by atoms with Crippen molar-refractivity contribution in [2.75, 3.05) is 0 Å². The summed E-state index contributed by atoms with van der Waals surface area (Å²) in [4.78, 5) is 70.1. The third-order valence-electron chi connectivity index (χ3n) is 5.18. The number of hydrogen-bond acceptors (Lipinski definition) is 8. The van der Waals surface area contributed by atoms with E-state index in [9.17, 15) is 28.8 Å². The number of benzene rings is 2. The molecule has 0 bridgehead atoms. The number of unbranched alkanes of at least 4 members (excludes halogenated alkanes) is 5. The Morgan fingerprint density at radius 1 is 0.500 bits per heavy atom. The van der Waals surface area contributed by atoms with Crippen molar-refractivity contribution in [1.29, 1.82) is 0 Å². The number of carbonyl (C=O) groups is 6. The number of rotatable bonds is 13. The van der Waals surface area contributed by atoms with E-state index in [2.05, 4.69) is 0 Å². The molecule has 0 spiro atoms. The minimum absolute atomic E-state index is 0.00718. The van der Waals surface area contributed by atoms with Gasteiger partial charge in [0.25, 0.3) is 0 Å². The van der Waals surface area contributed by atoms with E-state index >= 15 is 0 Å².